The van der Waals surface area contributed by atoms with Gasteiger partial charge in [-0.2, -0.15) is 11.8 Å². The molecule has 1 aliphatic rings. The molecule has 0 aromatic carbocycles. The summed E-state index contributed by atoms with van der Waals surface area (Å²) in [6.07, 6.45) is 1.90. The second-order valence-electron chi connectivity index (χ2n) is 3.11. The van der Waals surface area contributed by atoms with Crippen molar-refractivity contribution in [3.05, 3.63) is 15.6 Å². The lowest BCUT2D eigenvalue weighted by atomic mass is 10.4. The van der Waals surface area contributed by atoms with Gasteiger partial charge in [0.05, 0.1) is 8.82 Å². The Morgan fingerprint density at radius 3 is 3.07 bits per heavy atom. The van der Waals surface area contributed by atoms with Crippen molar-refractivity contribution in [2.24, 2.45) is 0 Å². The Labute approximate surface area is 112 Å². The third-order valence-corrected chi connectivity index (χ3v) is 5.64. The predicted molar refractivity (Wildman–Crippen MR) is 76.8 cm³/mol. The molecule has 0 bridgehead atoms. The Morgan fingerprint density at radius 1 is 1.53 bits per heavy atom. The van der Waals surface area contributed by atoms with Crippen LogP contribution < -0.4 is 5.32 Å². The second-order valence-corrected chi connectivity index (χ2v) is 6.73. The Balaban J connectivity index is 2.20. The summed E-state index contributed by atoms with van der Waals surface area (Å²) in [5, 5.41) is 3.57. The third kappa shape index (κ3) is 2.91. The molecule has 1 aliphatic heterocycles. The van der Waals surface area contributed by atoms with E-state index in [-0.39, 0.29) is 0 Å². The Morgan fingerprint density at radius 2 is 2.40 bits per heavy atom. The monoisotopic (exact) mass is 353 g/mol. The van der Waals surface area contributed by atoms with Crippen LogP contribution in [-0.4, -0.2) is 34.3 Å². The lowest BCUT2D eigenvalue weighted by molar-refractivity contribution is 0.920. The summed E-state index contributed by atoms with van der Waals surface area (Å²) in [4.78, 5) is 8.97. The van der Waals surface area contributed by atoms with E-state index in [4.69, 9.17) is 0 Å². The minimum atomic E-state index is 0.466. The second kappa shape index (κ2) is 5.58. The Kier molecular flexibility index (Phi) is 4.39. The number of hydrogen-bond acceptors (Lipinski definition) is 5. The molecule has 0 aliphatic carbocycles. The van der Waals surface area contributed by atoms with Crippen LogP contribution in [-0.2, 0) is 0 Å². The number of thioether (sulfide) groups is 2. The molecule has 0 saturated carbocycles. The molecule has 3 nitrogen and oxygen atoms in total. The van der Waals surface area contributed by atoms with Crippen LogP contribution in [0, 0.1) is 3.57 Å². The van der Waals surface area contributed by atoms with Gasteiger partial charge in [0.15, 0.2) is 0 Å². The highest BCUT2D eigenvalue weighted by Crippen LogP contribution is 2.35. The molecule has 0 radical (unpaired) electrons. The zero-order valence-corrected chi connectivity index (χ0v) is 12.2. The average Bonchev–Trinajstić information content (AvgIpc) is 2.31. The van der Waals surface area contributed by atoms with Crippen molar-refractivity contribution in [2.75, 3.05) is 29.6 Å². The summed E-state index contributed by atoms with van der Waals surface area (Å²) >= 11 is 6.21. The van der Waals surface area contributed by atoms with Gasteiger partial charge in [-0.3, -0.25) is 0 Å². The van der Waals surface area contributed by atoms with Gasteiger partial charge in [0.2, 0.25) is 0 Å². The van der Waals surface area contributed by atoms with Gasteiger partial charge < -0.3 is 5.32 Å². The number of rotatable bonds is 2. The van der Waals surface area contributed by atoms with Crippen molar-refractivity contribution < 1.29 is 0 Å². The molecule has 82 valence electrons. The molecule has 1 unspecified atom stereocenters. The van der Waals surface area contributed by atoms with E-state index in [9.17, 15) is 0 Å². The van der Waals surface area contributed by atoms with Gasteiger partial charge >= 0.3 is 0 Å². The molecular weight excluding hydrogens is 341 g/mol. The highest BCUT2D eigenvalue weighted by molar-refractivity contribution is 14.1. The van der Waals surface area contributed by atoms with Gasteiger partial charge in [-0.1, -0.05) is 0 Å². The molecule has 0 amide bonds. The molecule has 2 rings (SSSR count). The number of hydrogen-bond donors (Lipinski definition) is 1. The number of anilines is 1. The van der Waals surface area contributed by atoms with Gasteiger partial charge in [-0.15, -0.1) is 11.8 Å². The third-order valence-electron chi connectivity index (χ3n) is 2.10. The number of nitrogens with one attached hydrogen (secondary N) is 1. The summed E-state index contributed by atoms with van der Waals surface area (Å²) in [7, 11) is 1.90. The predicted octanol–water partition coefficient (Wildman–Crippen LogP) is 2.64. The molecule has 6 heteroatoms. The zero-order valence-electron chi connectivity index (χ0n) is 8.36. The van der Waals surface area contributed by atoms with E-state index >= 15 is 0 Å². The first kappa shape index (κ1) is 11.8. The highest BCUT2D eigenvalue weighted by atomic mass is 127. The van der Waals surface area contributed by atoms with Crippen molar-refractivity contribution in [3.63, 3.8) is 0 Å². The van der Waals surface area contributed by atoms with Crippen molar-refractivity contribution in [1.82, 2.24) is 9.97 Å². The summed E-state index contributed by atoms with van der Waals surface area (Å²) < 4.78 is 1.08. The number of halogens is 1. The Hall–Kier alpha value is 0.310. The van der Waals surface area contributed by atoms with E-state index in [2.05, 4.69) is 37.9 Å². The van der Waals surface area contributed by atoms with Gasteiger partial charge in [-0.05, 0) is 22.6 Å². The fourth-order valence-corrected chi connectivity index (χ4v) is 4.48. The van der Waals surface area contributed by atoms with Crippen molar-refractivity contribution in [1.29, 1.82) is 0 Å². The Bertz CT molecular complexity index is 342. The first-order valence-corrected chi connectivity index (χ1v) is 7.99. The molecule has 1 N–H and O–H groups in total. The van der Waals surface area contributed by atoms with Crippen LogP contribution in [0.3, 0.4) is 0 Å². The fourth-order valence-electron chi connectivity index (χ4n) is 1.35. The summed E-state index contributed by atoms with van der Waals surface area (Å²) in [6, 6.07) is 0. The number of aromatic nitrogens is 2. The smallest absolute Gasteiger partial charge is 0.144 e. The lowest BCUT2D eigenvalue weighted by Crippen LogP contribution is -2.11. The quantitative estimate of drug-likeness (QED) is 0.828. The van der Waals surface area contributed by atoms with E-state index in [1.807, 2.05) is 36.8 Å². The van der Waals surface area contributed by atoms with Gasteiger partial charge in [0, 0.05) is 30.5 Å². The van der Waals surface area contributed by atoms with Gasteiger partial charge in [-0.25, -0.2) is 9.97 Å². The van der Waals surface area contributed by atoms with Crippen molar-refractivity contribution >= 4 is 51.9 Å². The molecule has 1 aromatic heterocycles. The van der Waals surface area contributed by atoms with Crippen molar-refractivity contribution in [2.45, 2.75) is 5.25 Å². The molecule has 1 fully saturated rings. The van der Waals surface area contributed by atoms with Crippen LogP contribution in [0.4, 0.5) is 5.82 Å². The van der Waals surface area contributed by atoms with Crippen LogP contribution in [0.15, 0.2) is 6.20 Å². The van der Waals surface area contributed by atoms with Crippen LogP contribution >= 0.6 is 46.1 Å². The standard InChI is InChI=1S/C9H12IN3S2/c1-11-8-6(10)4-12-9(13-8)7-5-14-2-3-15-7/h4,7H,2-3,5H2,1H3,(H,11,12,13). The van der Waals surface area contributed by atoms with Crippen molar-refractivity contribution in [3.8, 4) is 0 Å². The van der Waals surface area contributed by atoms with Gasteiger partial charge in [0.1, 0.15) is 11.6 Å². The highest BCUT2D eigenvalue weighted by Gasteiger charge is 2.19. The molecular formula is C9H12IN3S2. The summed E-state index contributed by atoms with van der Waals surface area (Å²) in [5.74, 6) is 5.51. The average molecular weight is 353 g/mol. The summed E-state index contributed by atoms with van der Waals surface area (Å²) in [6.45, 7) is 0. The SMILES string of the molecule is CNc1nc(C2CSCCS2)ncc1I. The van der Waals surface area contributed by atoms with E-state index in [0.29, 0.717) is 5.25 Å². The normalized spacial score (nSPS) is 21.3. The van der Waals surface area contributed by atoms with E-state index in [1.54, 1.807) is 0 Å². The van der Waals surface area contributed by atoms with Crippen LogP contribution in [0.2, 0.25) is 0 Å². The van der Waals surface area contributed by atoms with Crippen LogP contribution in [0.5, 0.6) is 0 Å². The van der Waals surface area contributed by atoms with E-state index in [0.717, 1.165) is 21.0 Å². The fraction of sp³-hybridized carbons (Fsp3) is 0.556. The molecule has 15 heavy (non-hydrogen) atoms. The maximum absolute atomic E-state index is 4.55. The maximum Gasteiger partial charge on any atom is 0.144 e. The van der Waals surface area contributed by atoms with Crippen LogP contribution in [0.1, 0.15) is 11.1 Å². The number of nitrogens with zero attached hydrogens (tertiary/aromatic N) is 2. The minimum absolute atomic E-state index is 0.466. The maximum atomic E-state index is 4.55. The lowest BCUT2D eigenvalue weighted by Gasteiger charge is -2.20. The first-order chi connectivity index (χ1) is 7.31. The molecule has 2 heterocycles. The molecule has 1 aromatic rings. The largest absolute Gasteiger partial charge is 0.372 e. The summed E-state index contributed by atoms with van der Waals surface area (Å²) in [5.41, 5.74) is 0. The van der Waals surface area contributed by atoms with Crippen LogP contribution in [0.25, 0.3) is 0 Å². The topological polar surface area (TPSA) is 37.8 Å². The van der Waals surface area contributed by atoms with E-state index in [1.165, 1.54) is 11.5 Å². The minimum Gasteiger partial charge on any atom is -0.372 e. The van der Waals surface area contributed by atoms with Gasteiger partial charge in [0.25, 0.3) is 0 Å². The first-order valence-electron chi connectivity index (χ1n) is 4.71. The molecule has 1 atom stereocenters. The molecule has 0 spiro atoms. The zero-order chi connectivity index (χ0) is 10.7. The molecule has 1 saturated heterocycles. The van der Waals surface area contributed by atoms with E-state index < -0.39 is 0 Å².